The van der Waals surface area contributed by atoms with Crippen LogP contribution in [0.3, 0.4) is 0 Å². The molecule has 134 valence electrons. The van der Waals surface area contributed by atoms with E-state index < -0.39 is 0 Å². The predicted octanol–water partition coefficient (Wildman–Crippen LogP) is 6.81. The molecule has 2 aliphatic rings. The Balaban J connectivity index is 1.79. The first-order valence-corrected chi connectivity index (χ1v) is 9.91. The summed E-state index contributed by atoms with van der Waals surface area (Å²) in [5, 5.41) is 2.53. The summed E-state index contributed by atoms with van der Waals surface area (Å²) < 4.78 is 6.18. The molecule has 1 aliphatic carbocycles. The average molecular weight is 360 g/mol. The van der Waals surface area contributed by atoms with Gasteiger partial charge in [-0.2, -0.15) is 0 Å². The maximum Gasteiger partial charge on any atom is 0.127 e. The van der Waals surface area contributed by atoms with Crippen molar-refractivity contribution in [2.75, 3.05) is 6.61 Å². The Labute approximate surface area is 164 Å². The van der Waals surface area contributed by atoms with Crippen LogP contribution < -0.4 is 4.74 Å². The van der Waals surface area contributed by atoms with E-state index in [1.54, 1.807) is 0 Å². The standard InChI is InChI=1S/C27H20O/c1-17-16-28-24-15-14-18-8-2-3-9-19(18)27(24)25(17)26-22-12-6-4-10-20(22)21-11-5-7-13-23(21)26/h2-15,17H,16H2,1H3. The van der Waals surface area contributed by atoms with E-state index in [4.69, 9.17) is 4.74 Å². The Hall–Kier alpha value is -3.32. The molecule has 0 fully saturated rings. The van der Waals surface area contributed by atoms with E-state index in [0.29, 0.717) is 12.5 Å². The van der Waals surface area contributed by atoms with E-state index in [9.17, 15) is 0 Å². The van der Waals surface area contributed by atoms with Crippen LogP contribution in [0.15, 0.2) is 84.9 Å². The van der Waals surface area contributed by atoms with Crippen LogP contribution in [0.5, 0.6) is 5.75 Å². The predicted molar refractivity (Wildman–Crippen MR) is 116 cm³/mol. The van der Waals surface area contributed by atoms with E-state index in [1.807, 2.05) is 0 Å². The van der Waals surface area contributed by atoms with E-state index in [-0.39, 0.29) is 0 Å². The lowest BCUT2D eigenvalue weighted by Gasteiger charge is -2.29. The molecule has 1 heterocycles. The second-order valence-corrected chi connectivity index (χ2v) is 7.75. The highest BCUT2D eigenvalue weighted by Gasteiger charge is 2.32. The first-order valence-electron chi connectivity index (χ1n) is 9.91. The Bertz CT molecular complexity index is 1230. The van der Waals surface area contributed by atoms with Crippen LogP contribution in [0.4, 0.5) is 0 Å². The highest BCUT2D eigenvalue weighted by molar-refractivity contribution is 6.14. The molecule has 4 aromatic rings. The third-order valence-corrected chi connectivity index (χ3v) is 6.09. The molecule has 0 aromatic heterocycles. The fraction of sp³-hybridized carbons (Fsp3) is 0.111. The maximum atomic E-state index is 6.18. The molecule has 1 nitrogen and oxygen atoms in total. The molecule has 28 heavy (non-hydrogen) atoms. The second-order valence-electron chi connectivity index (χ2n) is 7.75. The molecular formula is C27H20O. The van der Waals surface area contributed by atoms with E-state index >= 15 is 0 Å². The van der Waals surface area contributed by atoms with Crippen LogP contribution in [0.25, 0.3) is 33.0 Å². The van der Waals surface area contributed by atoms with Crippen LogP contribution in [0.1, 0.15) is 23.6 Å². The molecule has 0 bridgehead atoms. The van der Waals surface area contributed by atoms with Crippen LogP contribution in [-0.2, 0) is 0 Å². The van der Waals surface area contributed by atoms with Gasteiger partial charge in [0.05, 0.1) is 6.61 Å². The number of hydrogen-bond acceptors (Lipinski definition) is 1. The zero-order valence-electron chi connectivity index (χ0n) is 15.8. The lowest BCUT2D eigenvalue weighted by atomic mass is 9.82. The van der Waals surface area contributed by atoms with Gasteiger partial charge in [-0.3, -0.25) is 0 Å². The summed E-state index contributed by atoms with van der Waals surface area (Å²) in [7, 11) is 0. The second kappa shape index (κ2) is 5.84. The van der Waals surface area contributed by atoms with Crippen LogP contribution in [-0.4, -0.2) is 6.61 Å². The quantitative estimate of drug-likeness (QED) is 0.295. The SMILES string of the molecule is CC1COc2ccc3ccccc3c2C1=C1c2ccccc2-c2ccccc21. The fourth-order valence-corrected chi connectivity index (χ4v) is 4.87. The van der Waals surface area contributed by atoms with Gasteiger partial charge >= 0.3 is 0 Å². The molecule has 6 rings (SSSR count). The molecule has 1 unspecified atom stereocenters. The molecule has 0 saturated heterocycles. The summed E-state index contributed by atoms with van der Waals surface area (Å²) in [4.78, 5) is 0. The minimum absolute atomic E-state index is 0.326. The van der Waals surface area contributed by atoms with Gasteiger partial charge in [-0.25, -0.2) is 0 Å². The molecule has 0 saturated carbocycles. The zero-order valence-corrected chi connectivity index (χ0v) is 15.8. The van der Waals surface area contributed by atoms with Gasteiger partial charge in [0.1, 0.15) is 5.75 Å². The Morgan fingerprint density at radius 2 is 1.29 bits per heavy atom. The minimum atomic E-state index is 0.326. The average Bonchev–Trinajstić information content (AvgIpc) is 3.08. The van der Waals surface area contributed by atoms with Crippen LogP contribution in [0, 0.1) is 5.92 Å². The molecule has 4 aromatic carbocycles. The van der Waals surface area contributed by atoms with Gasteiger partial charge in [-0.15, -0.1) is 0 Å². The minimum Gasteiger partial charge on any atom is -0.492 e. The fourth-order valence-electron chi connectivity index (χ4n) is 4.87. The van der Waals surface area contributed by atoms with Crippen molar-refractivity contribution in [3.8, 4) is 16.9 Å². The van der Waals surface area contributed by atoms with Crippen LogP contribution >= 0.6 is 0 Å². The lowest BCUT2D eigenvalue weighted by Crippen LogP contribution is -2.18. The number of ether oxygens (including phenoxy) is 1. The number of benzene rings is 4. The van der Waals surface area contributed by atoms with Gasteiger partial charge in [-0.05, 0) is 50.2 Å². The van der Waals surface area contributed by atoms with E-state index in [2.05, 4.69) is 91.9 Å². The summed E-state index contributed by atoms with van der Waals surface area (Å²) >= 11 is 0. The van der Waals surface area contributed by atoms with Crippen molar-refractivity contribution in [1.82, 2.24) is 0 Å². The highest BCUT2D eigenvalue weighted by Crippen LogP contribution is 2.52. The van der Waals surface area contributed by atoms with Crippen molar-refractivity contribution < 1.29 is 4.74 Å². The molecule has 0 N–H and O–H groups in total. The van der Waals surface area contributed by atoms with Gasteiger partial charge in [0.15, 0.2) is 0 Å². The summed E-state index contributed by atoms with van der Waals surface area (Å²) in [5.74, 6) is 1.33. The van der Waals surface area contributed by atoms with Gasteiger partial charge in [0, 0.05) is 11.5 Å². The normalized spacial score (nSPS) is 17.1. The first-order chi connectivity index (χ1) is 13.8. The first kappa shape index (κ1) is 15.7. The van der Waals surface area contributed by atoms with Crippen LogP contribution in [0.2, 0.25) is 0 Å². The van der Waals surface area contributed by atoms with Gasteiger partial charge in [0.2, 0.25) is 0 Å². The smallest absolute Gasteiger partial charge is 0.127 e. The largest absolute Gasteiger partial charge is 0.492 e. The number of hydrogen-bond donors (Lipinski definition) is 0. The molecule has 0 radical (unpaired) electrons. The van der Waals surface area contributed by atoms with Crippen molar-refractivity contribution in [2.24, 2.45) is 5.92 Å². The Morgan fingerprint density at radius 1 is 0.679 bits per heavy atom. The molecule has 0 amide bonds. The van der Waals surface area contributed by atoms with Crippen molar-refractivity contribution in [3.63, 3.8) is 0 Å². The Morgan fingerprint density at radius 3 is 2.00 bits per heavy atom. The summed E-state index contributed by atoms with van der Waals surface area (Å²) in [5.41, 5.74) is 9.40. The van der Waals surface area contributed by atoms with Crippen molar-refractivity contribution in [3.05, 3.63) is 102 Å². The van der Waals surface area contributed by atoms with Crippen molar-refractivity contribution in [2.45, 2.75) is 6.92 Å². The van der Waals surface area contributed by atoms with E-state index in [0.717, 1.165) is 5.75 Å². The third-order valence-electron chi connectivity index (χ3n) is 6.09. The molecule has 1 atom stereocenters. The highest BCUT2D eigenvalue weighted by atomic mass is 16.5. The summed E-state index contributed by atoms with van der Waals surface area (Å²) in [6, 6.07) is 30.6. The number of rotatable bonds is 0. The van der Waals surface area contributed by atoms with Crippen molar-refractivity contribution >= 4 is 21.9 Å². The molecule has 1 aliphatic heterocycles. The number of fused-ring (bicyclic) bond motifs is 6. The topological polar surface area (TPSA) is 9.23 Å². The summed E-state index contributed by atoms with van der Waals surface area (Å²) in [6.45, 7) is 3.01. The Kier molecular flexibility index (Phi) is 3.28. The molecule has 1 heteroatoms. The van der Waals surface area contributed by atoms with Crippen molar-refractivity contribution in [1.29, 1.82) is 0 Å². The van der Waals surface area contributed by atoms with E-state index in [1.165, 1.54) is 49.7 Å². The molecule has 0 spiro atoms. The summed E-state index contributed by atoms with van der Waals surface area (Å²) in [6.07, 6.45) is 0. The monoisotopic (exact) mass is 360 g/mol. The van der Waals surface area contributed by atoms with Gasteiger partial charge < -0.3 is 4.74 Å². The molecular weight excluding hydrogens is 340 g/mol. The maximum absolute atomic E-state index is 6.18. The lowest BCUT2D eigenvalue weighted by molar-refractivity contribution is 0.277. The third kappa shape index (κ3) is 2.07. The zero-order chi connectivity index (χ0) is 18.7. The van der Waals surface area contributed by atoms with Gasteiger partial charge in [-0.1, -0.05) is 85.8 Å². The van der Waals surface area contributed by atoms with Gasteiger partial charge in [0.25, 0.3) is 0 Å².